The number of phosphoric ester groups is 1. The van der Waals surface area contributed by atoms with E-state index in [-0.39, 0.29) is 19.1 Å². The van der Waals surface area contributed by atoms with Gasteiger partial charge in [0.1, 0.15) is 13.2 Å². The number of unbranched alkanes of at least 4 members (excludes halogenated alkanes) is 38. The van der Waals surface area contributed by atoms with Crippen LogP contribution in [0.1, 0.15) is 290 Å². The quantitative estimate of drug-likeness (QED) is 0.0243. The highest BCUT2D eigenvalue weighted by Crippen LogP contribution is 2.43. The van der Waals surface area contributed by atoms with E-state index < -0.39 is 20.0 Å². The Morgan fingerprint density at radius 2 is 0.826 bits per heavy atom. The lowest BCUT2D eigenvalue weighted by Gasteiger charge is -2.25. The Hall–Kier alpha value is -1.28. The summed E-state index contributed by atoms with van der Waals surface area (Å²) in [5.74, 6) is -0.174. The van der Waals surface area contributed by atoms with Gasteiger partial charge in [-0.05, 0) is 51.4 Å². The molecule has 9 heteroatoms. The van der Waals surface area contributed by atoms with E-state index in [9.17, 15) is 19.4 Å². The van der Waals surface area contributed by atoms with Gasteiger partial charge in [-0.1, -0.05) is 269 Å². The number of aliphatic hydroxyl groups is 1. The predicted octanol–water partition coefficient (Wildman–Crippen LogP) is 18.2. The van der Waals surface area contributed by atoms with E-state index >= 15 is 0 Å². The van der Waals surface area contributed by atoms with Gasteiger partial charge in [-0.15, -0.1) is 0 Å². The van der Waals surface area contributed by atoms with E-state index in [2.05, 4.69) is 43.5 Å². The highest BCUT2D eigenvalue weighted by atomic mass is 31.2. The van der Waals surface area contributed by atoms with Gasteiger partial charge in [0.05, 0.1) is 39.9 Å². The average molecular weight is 995 g/mol. The van der Waals surface area contributed by atoms with Gasteiger partial charge in [0, 0.05) is 6.42 Å². The molecule has 0 bridgehead atoms. The smallest absolute Gasteiger partial charge is 0.387 e. The van der Waals surface area contributed by atoms with Crippen molar-refractivity contribution in [1.82, 2.24) is 5.32 Å². The van der Waals surface area contributed by atoms with Gasteiger partial charge in [0.25, 0.3) is 0 Å². The summed E-state index contributed by atoms with van der Waals surface area (Å²) in [6.45, 7) is 4.84. The van der Waals surface area contributed by atoms with Crippen molar-refractivity contribution in [2.75, 3.05) is 40.9 Å². The van der Waals surface area contributed by atoms with Gasteiger partial charge >= 0.3 is 7.82 Å². The third-order valence-corrected chi connectivity index (χ3v) is 14.6. The summed E-state index contributed by atoms with van der Waals surface area (Å²) in [7, 11) is 1.58. The number of amides is 1. The largest absolute Gasteiger partial charge is 0.472 e. The van der Waals surface area contributed by atoms with E-state index in [1.54, 1.807) is 6.08 Å². The Bertz CT molecular complexity index is 1220. The lowest BCUT2D eigenvalue weighted by Crippen LogP contribution is -2.45. The fourth-order valence-electron chi connectivity index (χ4n) is 8.90. The number of nitrogens with zero attached hydrogens (tertiary/aromatic N) is 1. The fourth-order valence-corrected chi connectivity index (χ4v) is 9.63. The van der Waals surface area contributed by atoms with E-state index in [1.807, 2.05) is 27.2 Å². The summed E-state index contributed by atoms with van der Waals surface area (Å²) in [5, 5.41) is 13.9. The third kappa shape index (κ3) is 54.3. The van der Waals surface area contributed by atoms with E-state index in [0.717, 1.165) is 44.9 Å². The van der Waals surface area contributed by atoms with Crippen molar-refractivity contribution < 1.29 is 32.9 Å². The maximum Gasteiger partial charge on any atom is 0.472 e. The molecule has 0 saturated heterocycles. The van der Waals surface area contributed by atoms with Gasteiger partial charge in [0.15, 0.2) is 0 Å². The molecular weight excluding hydrogens is 876 g/mol. The Kier molecular flexibility index (Phi) is 50.7. The molecule has 0 aliphatic carbocycles. The number of hydrogen-bond acceptors (Lipinski definition) is 5. The van der Waals surface area contributed by atoms with Gasteiger partial charge < -0.3 is 19.8 Å². The molecule has 3 unspecified atom stereocenters. The second-order valence-corrected chi connectivity index (χ2v) is 23.2. The van der Waals surface area contributed by atoms with E-state index in [1.165, 1.54) is 225 Å². The standard InChI is InChI=1S/C60H117N2O6P/c1-6-8-10-12-14-16-18-20-22-23-24-25-26-27-28-29-30-31-32-33-34-35-36-37-38-39-40-42-44-46-48-50-52-54-60(64)61-58(57-68-69(65,66)67-56-55-62(3,4)5)59(63)53-51-49-47-45-43-41-21-19-17-15-13-11-9-7-2/h24-25,27-28,51,53,58-59,63H,6-23,26,29-50,52,54-57H2,1-5H3,(H-,61,64,65,66)/p+1/b25-24-,28-27-,53-51+. The Morgan fingerprint density at radius 3 is 1.19 bits per heavy atom. The lowest BCUT2D eigenvalue weighted by molar-refractivity contribution is -0.870. The lowest BCUT2D eigenvalue weighted by atomic mass is 10.0. The number of carbonyl (C=O) groups is 1. The van der Waals surface area contributed by atoms with Crippen molar-refractivity contribution in [1.29, 1.82) is 0 Å². The van der Waals surface area contributed by atoms with Crippen molar-refractivity contribution >= 4 is 13.7 Å². The number of allylic oxidation sites excluding steroid dienone is 5. The van der Waals surface area contributed by atoms with Crippen LogP contribution in [0.2, 0.25) is 0 Å². The fraction of sp³-hybridized carbons (Fsp3) is 0.883. The molecule has 0 aliphatic rings. The molecule has 0 heterocycles. The molecule has 1 amide bonds. The molecule has 0 fully saturated rings. The molecule has 3 atom stereocenters. The predicted molar refractivity (Wildman–Crippen MR) is 300 cm³/mol. The number of quaternary nitrogens is 1. The first kappa shape index (κ1) is 67.7. The number of likely N-dealkylation sites (N-methyl/N-ethyl adjacent to an activating group) is 1. The molecule has 0 spiro atoms. The monoisotopic (exact) mass is 994 g/mol. The number of phosphoric acid groups is 1. The van der Waals surface area contributed by atoms with Gasteiger partial charge in [-0.3, -0.25) is 13.8 Å². The summed E-state index contributed by atoms with van der Waals surface area (Å²) in [6.07, 6.45) is 66.9. The van der Waals surface area contributed by atoms with Crippen LogP contribution in [0.4, 0.5) is 0 Å². The van der Waals surface area contributed by atoms with E-state index in [0.29, 0.717) is 17.4 Å². The van der Waals surface area contributed by atoms with Gasteiger partial charge in [0.2, 0.25) is 5.91 Å². The summed E-state index contributed by atoms with van der Waals surface area (Å²) in [6, 6.07) is -0.845. The van der Waals surface area contributed by atoms with Crippen molar-refractivity contribution in [3.63, 3.8) is 0 Å². The first-order valence-electron chi connectivity index (χ1n) is 29.9. The van der Waals surface area contributed by atoms with Crippen LogP contribution in [0.25, 0.3) is 0 Å². The van der Waals surface area contributed by atoms with Gasteiger partial charge in [-0.25, -0.2) is 4.57 Å². The van der Waals surface area contributed by atoms with Crippen LogP contribution < -0.4 is 5.32 Å². The number of aliphatic hydroxyl groups excluding tert-OH is 1. The van der Waals surface area contributed by atoms with Crippen molar-refractivity contribution in [2.24, 2.45) is 0 Å². The molecule has 0 radical (unpaired) electrons. The average Bonchev–Trinajstić information content (AvgIpc) is 3.31. The Balaban J connectivity index is 4.02. The maximum absolute atomic E-state index is 13.0. The summed E-state index contributed by atoms with van der Waals surface area (Å²) in [5.41, 5.74) is 0. The van der Waals surface area contributed by atoms with Crippen molar-refractivity contribution in [3.05, 3.63) is 36.5 Å². The first-order valence-corrected chi connectivity index (χ1v) is 31.4. The molecule has 8 nitrogen and oxygen atoms in total. The zero-order chi connectivity index (χ0) is 50.6. The zero-order valence-electron chi connectivity index (χ0n) is 46.6. The molecule has 408 valence electrons. The Morgan fingerprint density at radius 1 is 0.493 bits per heavy atom. The molecule has 0 aromatic rings. The van der Waals surface area contributed by atoms with Crippen LogP contribution >= 0.6 is 7.82 Å². The summed E-state index contributed by atoms with van der Waals surface area (Å²) >= 11 is 0. The second-order valence-electron chi connectivity index (χ2n) is 21.7. The van der Waals surface area contributed by atoms with Crippen LogP contribution in [0.15, 0.2) is 36.5 Å². The Labute approximate surface area is 429 Å². The van der Waals surface area contributed by atoms with Crippen LogP contribution in [0.3, 0.4) is 0 Å². The molecule has 3 N–H and O–H groups in total. The number of carbonyl (C=O) groups excluding carboxylic acids is 1. The third-order valence-electron chi connectivity index (χ3n) is 13.6. The molecule has 0 rings (SSSR count). The summed E-state index contributed by atoms with van der Waals surface area (Å²) in [4.78, 5) is 23.3. The number of hydrogen-bond donors (Lipinski definition) is 3. The minimum Gasteiger partial charge on any atom is -0.387 e. The van der Waals surface area contributed by atoms with Crippen LogP contribution in [0.5, 0.6) is 0 Å². The zero-order valence-corrected chi connectivity index (χ0v) is 47.5. The molecule has 0 aromatic carbocycles. The molecule has 0 saturated carbocycles. The normalized spacial score (nSPS) is 14.1. The first-order chi connectivity index (χ1) is 33.5. The second kappa shape index (κ2) is 51.6. The van der Waals surface area contributed by atoms with Crippen LogP contribution in [0, 0.1) is 0 Å². The molecule has 0 aromatic heterocycles. The molecular formula is C60H118N2O6P+. The maximum atomic E-state index is 13.0. The molecule has 0 aliphatic heterocycles. The topological polar surface area (TPSA) is 105 Å². The van der Waals surface area contributed by atoms with Crippen molar-refractivity contribution in [2.45, 2.75) is 302 Å². The summed E-state index contributed by atoms with van der Waals surface area (Å²) < 4.78 is 23.7. The van der Waals surface area contributed by atoms with Gasteiger partial charge in [-0.2, -0.15) is 0 Å². The number of rotatable bonds is 55. The minimum absolute atomic E-state index is 0.0628. The number of nitrogens with one attached hydrogen (secondary N) is 1. The van der Waals surface area contributed by atoms with E-state index in [4.69, 9.17) is 9.05 Å². The molecule has 69 heavy (non-hydrogen) atoms. The SMILES string of the molecule is CCCCCCCCCCC/C=C\C/C=C\CCCCCCCCCCCCCCCCCCCC(=O)NC(COP(=O)(O)OCC[N+](C)(C)C)C(O)/C=C/CCCCCCCCCCCCCC. The van der Waals surface area contributed by atoms with Crippen LogP contribution in [-0.4, -0.2) is 73.4 Å². The van der Waals surface area contributed by atoms with Crippen molar-refractivity contribution in [3.8, 4) is 0 Å². The minimum atomic E-state index is -4.34. The van der Waals surface area contributed by atoms with Crippen LogP contribution in [-0.2, 0) is 18.4 Å². The highest BCUT2D eigenvalue weighted by molar-refractivity contribution is 7.47. The highest BCUT2D eigenvalue weighted by Gasteiger charge is 2.27.